The van der Waals surface area contributed by atoms with Gasteiger partial charge in [-0.3, -0.25) is 9.69 Å². The molecule has 2 aliphatic rings. The molecule has 2 aromatic rings. The summed E-state index contributed by atoms with van der Waals surface area (Å²) in [6.07, 6.45) is 9.82. The standard InChI is InChI=1S/C33H44N2O2/c1-23(2)35(24(3)4)20-21-37-30-10-7-9-29(22-30)34-33(36)32-11-6-8-28-17-16-27(18-19-31(28)32)26-14-12-25(5)13-15-26/h7,9-10,12-17,22-24,27-28H,6,8,11,18-21H2,1-5H3,(H,34,36). The first-order chi connectivity index (χ1) is 17.8. The zero-order valence-corrected chi connectivity index (χ0v) is 23.3. The second-order valence-electron chi connectivity index (χ2n) is 11.2. The highest BCUT2D eigenvalue weighted by Gasteiger charge is 2.28. The number of carbonyl (C=O) groups excluding carboxylic acids is 1. The van der Waals surface area contributed by atoms with E-state index in [9.17, 15) is 4.79 Å². The second kappa shape index (κ2) is 12.6. The molecule has 0 fully saturated rings. The zero-order valence-electron chi connectivity index (χ0n) is 23.3. The Morgan fingerprint density at radius 3 is 2.43 bits per heavy atom. The van der Waals surface area contributed by atoms with Gasteiger partial charge in [-0.1, -0.05) is 53.6 Å². The Morgan fingerprint density at radius 2 is 1.70 bits per heavy atom. The van der Waals surface area contributed by atoms with Gasteiger partial charge in [-0.15, -0.1) is 0 Å². The molecule has 2 unspecified atom stereocenters. The lowest BCUT2D eigenvalue weighted by atomic mass is 9.80. The summed E-state index contributed by atoms with van der Waals surface area (Å²) in [5, 5.41) is 3.18. The van der Waals surface area contributed by atoms with Crippen LogP contribution in [0.25, 0.3) is 0 Å². The van der Waals surface area contributed by atoms with Gasteiger partial charge >= 0.3 is 0 Å². The Kier molecular flexibility index (Phi) is 9.26. The van der Waals surface area contributed by atoms with Crippen molar-refractivity contribution in [2.24, 2.45) is 5.92 Å². The lowest BCUT2D eigenvalue weighted by Gasteiger charge is -2.30. The van der Waals surface area contributed by atoms with Crippen LogP contribution in [0.15, 0.2) is 71.8 Å². The van der Waals surface area contributed by atoms with Crippen molar-refractivity contribution in [1.82, 2.24) is 4.90 Å². The minimum absolute atomic E-state index is 0.0461. The molecule has 0 saturated heterocycles. The molecule has 0 aromatic heterocycles. The smallest absolute Gasteiger partial charge is 0.251 e. The van der Waals surface area contributed by atoms with Crippen molar-refractivity contribution < 1.29 is 9.53 Å². The summed E-state index contributed by atoms with van der Waals surface area (Å²) < 4.78 is 6.05. The number of nitrogens with zero attached hydrogens (tertiary/aromatic N) is 1. The summed E-state index contributed by atoms with van der Waals surface area (Å²) in [5.74, 6) is 1.64. The topological polar surface area (TPSA) is 41.6 Å². The number of amides is 1. The molecule has 198 valence electrons. The number of aryl methyl sites for hydroxylation is 1. The van der Waals surface area contributed by atoms with Crippen molar-refractivity contribution >= 4 is 11.6 Å². The summed E-state index contributed by atoms with van der Waals surface area (Å²) in [7, 11) is 0. The highest BCUT2D eigenvalue weighted by atomic mass is 16.5. The molecule has 0 heterocycles. The van der Waals surface area contributed by atoms with Gasteiger partial charge in [-0.25, -0.2) is 0 Å². The van der Waals surface area contributed by atoms with Crippen LogP contribution in [0, 0.1) is 12.8 Å². The zero-order chi connectivity index (χ0) is 26.4. The van der Waals surface area contributed by atoms with Crippen molar-refractivity contribution in [3.8, 4) is 5.75 Å². The average Bonchev–Trinajstić information content (AvgIpc) is 3.09. The molecule has 1 amide bonds. The number of anilines is 1. The number of hydrogen-bond acceptors (Lipinski definition) is 3. The van der Waals surface area contributed by atoms with Crippen LogP contribution in [0.2, 0.25) is 0 Å². The SMILES string of the molecule is Cc1ccc(C2C=CC3CCCC(C(=O)Nc4cccc(OCCN(C(C)C)C(C)C)c4)=C3CC2)cc1. The number of rotatable bonds is 9. The number of nitrogens with one attached hydrogen (secondary N) is 1. The summed E-state index contributed by atoms with van der Waals surface area (Å²) in [6.45, 7) is 12.5. The third kappa shape index (κ3) is 7.13. The maximum Gasteiger partial charge on any atom is 0.251 e. The molecule has 0 saturated carbocycles. The molecular weight excluding hydrogens is 456 g/mol. The molecule has 1 N–H and O–H groups in total. The summed E-state index contributed by atoms with van der Waals surface area (Å²) >= 11 is 0. The van der Waals surface area contributed by atoms with Crippen molar-refractivity contribution in [2.75, 3.05) is 18.5 Å². The van der Waals surface area contributed by atoms with Crippen molar-refractivity contribution in [3.05, 3.63) is 83.0 Å². The van der Waals surface area contributed by atoms with Gasteiger partial charge in [-0.05, 0) is 90.3 Å². The van der Waals surface area contributed by atoms with E-state index in [0.717, 1.165) is 55.7 Å². The lowest BCUT2D eigenvalue weighted by molar-refractivity contribution is -0.113. The van der Waals surface area contributed by atoms with Crippen LogP contribution < -0.4 is 10.1 Å². The summed E-state index contributed by atoms with van der Waals surface area (Å²) in [6, 6.07) is 17.7. The van der Waals surface area contributed by atoms with E-state index in [0.29, 0.717) is 30.5 Å². The van der Waals surface area contributed by atoms with Crippen LogP contribution in [0.3, 0.4) is 0 Å². The minimum Gasteiger partial charge on any atom is -0.492 e. The normalized spacial score (nSPS) is 19.8. The number of ether oxygens (including phenoxy) is 1. The summed E-state index contributed by atoms with van der Waals surface area (Å²) in [5.41, 5.74) is 5.78. The molecule has 4 nitrogen and oxygen atoms in total. The van der Waals surface area contributed by atoms with Gasteiger partial charge in [0.15, 0.2) is 0 Å². The van der Waals surface area contributed by atoms with Crippen molar-refractivity contribution in [2.45, 2.75) is 84.7 Å². The van der Waals surface area contributed by atoms with E-state index in [1.54, 1.807) is 0 Å². The van der Waals surface area contributed by atoms with Crippen LogP contribution in [0.4, 0.5) is 5.69 Å². The largest absolute Gasteiger partial charge is 0.492 e. The molecule has 2 aromatic carbocycles. The van der Waals surface area contributed by atoms with Gasteiger partial charge in [-0.2, -0.15) is 0 Å². The first-order valence-corrected chi connectivity index (χ1v) is 14.1. The number of hydrogen-bond donors (Lipinski definition) is 1. The summed E-state index contributed by atoms with van der Waals surface area (Å²) in [4.78, 5) is 15.9. The minimum atomic E-state index is 0.0461. The molecule has 37 heavy (non-hydrogen) atoms. The molecular formula is C33H44N2O2. The van der Waals surface area contributed by atoms with Crippen LogP contribution >= 0.6 is 0 Å². The quantitative estimate of drug-likeness (QED) is 0.359. The first kappa shape index (κ1) is 27.2. The van der Waals surface area contributed by atoms with Gasteiger partial charge < -0.3 is 10.1 Å². The lowest BCUT2D eigenvalue weighted by Crippen LogP contribution is -2.39. The Morgan fingerprint density at radius 1 is 0.973 bits per heavy atom. The Hall–Kier alpha value is -2.85. The first-order valence-electron chi connectivity index (χ1n) is 14.1. The van der Waals surface area contributed by atoms with E-state index in [2.05, 4.69) is 81.3 Å². The van der Waals surface area contributed by atoms with E-state index in [1.165, 1.54) is 16.7 Å². The van der Waals surface area contributed by atoms with Gasteiger partial charge in [0.05, 0.1) is 0 Å². The highest BCUT2D eigenvalue weighted by molar-refractivity contribution is 6.04. The fourth-order valence-electron chi connectivity index (χ4n) is 5.88. The number of allylic oxidation sites excluding steroid dienone is 3. The molecule has 4 rings (SSSR count). The predicted molar refractivity (Wildman–Crippen MR) is 154 cm³/mol. The maximum atomic E-state index is 13.4. The number of benzene rings is 2. The van der Waals surface area contributed by atoms with E-state index in [-0.39, 0.29) is 5.91 Å². The maximum absolute atomic E-state index is 13.4. The second-order valence-corrected chi connectivity index (χ2v) is 11.2. The van der Waals surface area contributed by atoms with Crippen molar-refractivity contribution in [1.29, 1.82) is 0 Å². The predicted octanol–water partition coefficient (Wildman–Crippen LogP) is 7.66. The van der Waals surface area contributed by atoms with Gasteiger partial charge in [0, 0.05) is 41.9 Å². The molecule has 2 atom stereocenters. The number of fused-ring (bicyclic) bond motifs is 1. The van der Waals surface area contributed by atoms with E-state index in [1.807, 2.05) is 24.3 Å². The third-order valence-electron chi connectivity index (χ3n) is 7.89. The van der Waals surface area contributed by atoms with E-state index in [4.69, 9.17) is 4.74 Å². The fourth-order valence-corrected chi connectivity index (χ4v) is 5.88. The van der Waals surface area contributed by atoms with Crippen molar-refractivity contribution in [3.63, 3.8) is 0 Å². The molecule has 0 spiro atoms. The third-order valence-corrected chi connectivity index (χ3v) is 7.89. The molecule has 0 aliphatic heterocycles. The van der Waals surface area contributed by atoms with E-state index < -0.39 is 0 Å². The van der Waals surface area contributed by atoms with Crippen LogP contribution in [-0.4, -0.2) is 36.0 Å². The van der Waals surface area contributed by atoms with Gasteiger partial charge in [0.1, 0.15) is 12.4 Å². The average molecular weight is 501 g/mol. The van der Waals surface area contributed by atoms with Gasteiger partial charge in [0.2, 0.25) is 0 Å². The highest BCUT2D eigenvalue weighted by Crippen LogP contribution is 2.40. The Labute approximate surface area is 223 Å². The van der Waals surface area contributed by atoms with Crippen LogP contribution in [0.5, 0.6) is 5.75 Å². The Balaban J connectivity index is 1.41. The molecule has 2 aliphatic carbocycles. The van der Waals surface area contributed by atoms with E-state index >= 15 is 0 Å². The molecule has 0 bridgehead atoms. The fraction of sp³-hybridized carbons (Fsp3) is 0.485. The molecule has 0 radical (unpaired) electrons. The van der Waals surface area contributed by atoms with Crippen LogP contribution in [0.1, 0.15) is 76.8 Å². The van der Waals surface area contributed by atoms with Crippen LogP contribution in [-0.2, 0) is 4.79 Å². The number of carbonyl (C=O) groups is 1. The Bertz CT molecular complexity index is 1110. The van der Waals surface area contributed by atoms with Gasteiger partial charge in [0.25, 0.3) is 5.91 Å². The molecule has 4 heteroatoms. The monoisotopic (exact) mass is 500 g/mol.